The molecule has 0 radical (unpaired) electrons. The van der Waals surface area contributed by atoms with E-state index >= 15 is 0 Å². The highest BCUT2D eigenvalue weighted by molar-refractivity contribution is 5.94. The number of benzene rings is 3. The molecule has 3 aromatic rings. The number of halogens is 4. The van der Waals surface area contributed by atoms with E-state index in [1.165, 1.54) is 36.4 Å². The first-order chi connectivity index (χ1) is 19.0. The second-order valence-corrected chi connectivity index (χ2v) is 10.5. The largest absolute Gasteiger partial charge is 0.497 e. The number of alkyl halides is 3. The Kier molecular flexibility index (Phi) is 9.03. The van der Waals surface area contributed by atoms with Crippen LogP contribution in [0, 0.1) is 11.7 Å². The number of rotatable bonds is 9. The predicted molar refractivity (Wildman–Crippen MR) is 145 cm³/mol. The normalized spacial score (nSPS) is 17.7. The summed E-state index contributed by atoms with van der Waals surface area (Å²) in [5.74, 6) is 0.248. The number of methoxy groups -OCH3 is 2. The maximum absolute atomic E-state index is 13.6. The zero-order valence-electron chi connectivity index (χ0n) is 23.0. The van der Waals surface area contributed by atoms with Crippen molar-refractivity contribution in [3.8, 4) is 11.5 Å². The number of hydrogen-bond acceptors (Lipinski definition) is 4. The highest BCUT2D eigenvalue weighted by Gasteiger charge is 2.38. The number of likely N-dealkylation sites (tertiary alicyclic amines) is 1. The van der Waals surface area contributed by atoms with Gasteiger partial charge in [-0.3, -0.25) is 9.69 Å². The lowest BCUT2D eigenvalue weighted by atomic mass is 9.87. The third-order valence-electron chi connectivity index (χ3n) is 7.38. The molecule has 5 nitrogen and oxygen atoms in total. The highest BCUT2D eigenvalue weighted by atomic mass is 19.4. The molecule has 40 heavy (non-hydrogen) atoms. The monoisotopic (exact) mass is 558 g/mol. The molecule has 1 amide bonds. The van der Waals surface area contributed by atoms with Crippen molar-refractivity contribution in [3.63, 3.8) is 0 Å². The summed E-state index contributed by atoms with van der Waals surface area (Å²) in [4.78, 5) is 17.3. The SMILES string of the molecule is COc1cc(CN2C[C@H](CN(C(=O)c3ccc(F)cc3)C(C)C)[C@@H](c3cccc(C(F)(F)F)c3)C2)cc(OC)c1. The molecule has 4 rings (SSSR count). The number of amides is 1. The fourth-order valence-electron chi connectivity index (χ4n) is 5.35. The Balaban J connectivity index is 1.64. The first-order valence-electron chi connectivity index (χ1n) is 13.2. The maximum Gasteiger partial charge on any atom is 0.416 e. The van der Waals surface area contributed by atoms with Crippen molar-refractivity contribution < 1.29 is 31.8 Å². The number of nitrogens with zero attached hydrogens (tertiary/aromatic N) is 2. The molecule has 0 saturated carbocycles. The van der Waals surface area contributed by atoms with Gasteiger partial charge in [0, 0.05) is 49.8 Å². The van der Waals surface area contributed by atoms with Crippen LogP contribution in [-0.4, -0.2) is 55.6 Å². The van der Waals surface area contributed by atoms with Crippen LogP contribution in [0.4, 0.5) is 17.6 Å². The lowest BCUT2D eigenvalue weighted by Gasteiger charge is -2.32. The van der Waals surface area contributed by atoms with Gasteiger partial charge in [-0.05, 0) is 73.4 Å². The molecule has 3 aromatic carbocycles. The van der Waals surface area contributed by atoms with Gasteiger partial charge in [-0.1, -0.05) is 18.2 Å². The minimum absolute atomic E-state index is 0.136. The van der Waals surface area contributed by atoms with Crippen molar-refractivity contribution in [1.29, 1.82) is 0 Å². The quantitative estimate of drug-likeness (QED) is 0.277. The average Bonchev–Trinajstić information content (AvgIpc) is 3.33. The summed E-state index contributed by atoms with van der Waals surface area (Å²) in [7, 11) is 3.15. The van der Waals surface area contributed by atoms with Crippen molar-refractivity contribution >= 4 is 5.91 Å². The molecule has 214 valence electrons. The molecule has 9 heteroatoms. The predicted octanol–water partition coefficient (Wildman–Crippen LogP) is 6.63. The Morgan fingerprint density at radius 2 is 1.62 bits per heavy atom. The van der Waals surface area contributed by atoms with Crippen molar-refractivity contribution in [3.05, 3.63) is 94.8 Å². The lowest BCUT2D eigenvalue weighted by Crippen LogP contribution is -2.42. The van der Waals surface area contributed by atoms with Gasteiger partial charge in [-0.2, -0.15) is 13.2 Å². The average molecular weight is 559 g/mol. The van der Waals surface area contributed by atoms with E-state index < -0.39 is 17.6 Å². The van der Waals surface area contributed by atoms with Crippen LogP contribution in [0.1, 0.15) is 46.8 Å². The first kappa shape index (κ1) is 29.4. The second kappa shape index (κ2) is 12.3. The smallest absolute Gasteiger partial charge is 0.416 e. The van der Waals surface area contributed by atoms with Crippen LogP contribution in [0.2, 0.25) is 0 Å². The molecule has 0 unspecified atom stereocenters. The Bertz CT molecular complexity index is 1290. The Hall–Kier alpha value is -3.59. The fraction of sp³-hybridized carbons (Fsp3) is 0.387. The van der Waals surface area contributed by atoms with E-state index in [0.717, 1.165) is 11.6 Å². The zero-order valence-corrected chi connectivity index (χ0v) is 23.0. The number of carbonyl (C=O) groups is 1. The summed E-state index contributed by atoms with van der Waals surface area (Å²) in [6, 6.07) is 16.3. The summed E-state index contributed by atoms with van der Waals surface area (Å²) in [6.45, 7) is 5.76. The summed E-state index contributed by atoms with van der Waals surface area (Å²) in [5.41, 5.74) is 1.21. The Morgan fingerprint density at radius 3 is 2.20 bits per heavy atom. The third-order valence-corrected chi connectivity index (χ3v) is 7.38. The molecule has 1 heterocycles. The van der Waals surface area contributed by atoms with Gasteiger partial charge in [0.25, 0.3) is 5.91 Å². The summed E-state index contributed by atoms with van der Waals surface area (Å²) in [5, 5.41) is 0. The van der Waals surface area contributed by atoms with E-state index in [2.05, 4.69) is 4.90 Å². The zero-order chi connectivity index (χ0) is 29.0. The number of hydrogen-bond donors (Lipinski definition) is 0. The molecule has 0 aliphatic carbocycles. The summed E-state index contributed by atoms with van der Waals surface area (Å²) in [6.07, 6.45) is -4.45. The molecule has 0 N–H and O–H groups in total. The van der Waals surface area contributed by atoms with Crippen molar-refractivity contribution in [2.24, 2.45) is 5.92 Å². The Morgan fingerprint density at radius 1 is 0.975 bits per heavy atom. The highest BCUT2D eigenvalue weighted by Crippen LogP contribution is 2.38. The first-order valence-corrected chi connectivity index (χ1v) is 13.2. The van der Waals surface area contributed by atoms with E-state index in [1.807, 2.05) is 26.0 Å². The van der Waals surface area contributed by atoms with E-state index in [-0.39, 0.29) is 23.8 Å². The van der Waals surface area contributed by atoms with E-state index in [9.17, 15) is 22.4 Å². The van der Waals surface area contributed by atoms with Gasteiger partial charge < -0.3 is 14.4 Å². The second-order valence-electron chi connectivity index (χ2n) is 10.5. The van der Waals surface area contributed by atoms with Crippen molar-refractivity contribution in [2.75, 3.05) is 33.9 Å². The Labute approximate surface area is 232 Å². The van der Waals surface area contributed by atoms with E-state index in [4.69, 9.17) is 9.47 Å². The summed E-state index contributed by atoms with van der Waals surface area (Å²) < 4.78 is 65.0. The molecule has 0 aromatic heterocycles. The number of carbonyl (C=O) groups excluding carboxylic acids is 1. The molecule has 0 spiro atoms. The van der Waals surface area contributed by atoms with Crippen molar-refractivity contribution in [1.82, 2.24) is 9.80 Å². The molecule has 2 atom stereocenters. The topological polar surface area (TPSA) is 42.0 Å². The minimum Gasteiger partial charge on any atom is -0.497 e. The molecule has 0 bridgehead atoms. The summed E-state index contributed by atoms with van der Waals surface area (Å²) >= 11 is 0. The molecule has 1 aliphatic heterocycles. The molecular formula is C31H34F4N2O3. The fourth-order valence-corrected chi connectivity index (χ4v) is 5.35. The molecule has 1 fully saturated rings. The van der Waals surface area contributed by atoms with Gasteiger partial charge in [0.2, 0.25) is 0 Å². The van der Waals surface area contributed by atoms with E-state index in [1.54, 1.807) is 31.3 Å². The standard InChI is InChI=1S/C31H34F4N2O3/c1-20(2)37(30(38)22-8-10-26(32)11-9-22)18-24-17-36(16-21-12-27(39-3)15-28(13-21)40-4)19-29(24)23-6-5-7-25(14-23)31(33,34)35/h5-15,20,24,29H,16-19H2,1-4H3/t24-,29-/m1/s1. The van der Waals surface area contributed by atoms with Gasteiger partial charge in [0.1, 0.15) is 17.3 Å². The van der Waals surface area contributed by atoms with Crippen LogP contribution >= 0.6 is 0 Å². The van der Waals surface area contributed by atoms with Gasteiger partial charge in [0.15, 0.2) is 0 Å². The van der Waals surface area contributed by atoms with Crippen molar-refractivity contribution in [2.45, 2.75) is 38.5 Å². The minimum atomic E-state index is -4.45. The van der Waals surface area contributed by atoms with Crippen LogP contribution in [0.15, 0.2) is 66.7 Å². The van der Waals surface area contributed by atoms with Gasteiger partial charge in [0.05, 0.1) is 19.8 Å². The maximum atomic E-state index is 13.6. The van der Waals surface area contributed by atoms with Gasteiger partial charge in [-0.25, -0.2) is 4.39 Å². The van der Waals surface area contributed by atoms with Crippen LogP contribution in [-0.2, 0) is 12.7 Å². The molecule has 1 aliphatic rings. The van der Waals surface area contributed by atoms with Crippen LogP contribution < -0.4 is 9.47 Å². The lowest BCUT2D eigenvalue weighted by molar-refractivity contribution is -0.137. The van der Waals surface area contributed by atoms with Crippen LogP contribution in [0.3, 0.4) is 0 Å². The van der Waals surface area contributed by atoms with Crippen LogP contribution in [0.5, 0.6) is 11.5 Å². The third kappa shape index (κ3) is 6.94. The number of ether oxygens (including phenoxy) is 2. The van der Waals surface area contributed by atoms with Crippen LogP contribution in [0.25, 0.3) is 0 Å². The molecule has 1 saturated heterocycles. The van der Waals surface area contributed by atoms with Gasteiger partial charge in [-0.15, -0.1) is 0 Å². The van der Waals surface area contributed by atoms with Gasteiger partial charge >= 0.3 is 6.18 Å². The molecular weight excluding hydrogens is 524 g/mol. The van der Waals surface area contributed by atoms with E-state index in [0.29, 0.717) is 48.8 Å².